The molecule has 2 rings (SSSR count). The standard InChI is InChI=1S/C17H24Br2N2O2/c1-10(14-6-5-11(18)7-15(14)19)20-12-8-13(9-12)21-16(22)23-17(2,3)4/h5-7,10,12-13,20H,8-9H2,1-4H3,(H,21,22). The quantitative estimate of drug-likeness (QED) is 0.688. The summed E-state index contributed by atoms with van der Waals surface area (Å²) >= 11 is 7.08. The smallest absolute Gasteiger partial charge is 0.407 e. The molecule has 0 bridgehead atoms. The normalized spacial score (nSPS) is 22.2. The largest absolute Gasteiger partial charge is 0.444 e. The molecule has 1 aliphatic rings. The number of amides is 1. The van der Waals surface area contributed by atoms with Crippen molar-refractivity contribution < 1.29 is 9.53 Å². The van der Waals surface area contributed by atoms with Crippen molar-refractivity contribution in [2.45, 2.75) is 64.3 Å². The van der Waals surface area contributed by atoms with E-state index in [9.17, 15) is 4.79 Å². The third-order valence-corrected chi connectivity index (χ3v) is 4.95. The van der Waals surface area contributed by atoms with Crippen LogP contribution in [0.25, 0.3) is 0 Å². The van der Waals surface area contributed by atoms with Gasteiger partial charge in [-0.1, -0.05) is 37.9 Å². The minimum absolute atomic E-state index is 0.197. The second kappa shape index (κ2) is 7.53. The van der Waals surface area contributed by atoms with Crippen LogP contribution in [0.4, 0.5) is 4.79 Å². The van der Waals surface area contributed by atoms with E-state index in [2.05, 4.69) is 61.5 Å². The van der Waals surface area contributed by atoms with E-state index in [0.29, 0.717) is 6.04 Å². The molecule has 1 unspecified atom stereocenters. The van der Waals surface area contributed by atoms with Crippen LogP contribution in [0.3, 0.4) is 0 Å². The molecule has 1 saturated carbocycles. The van der Waals surface area contributed by atoms with Gasteiger partial charge in [-0.15, -0.1) is 0 Å². The molecule has 6 heteroatoms. The molecule has 1 fully saturated rings. The van der Waals surface area contributed by atoms with Crippen molar-refractivity contribution >= 4 is 38.0 Å². The van der Waals surface area contributed by atoms with Crippen molar-refractivity contribution in [3.05, 3.63) is 32.7 Å². The fourth-order valence-electron chi connectivity index (χ4n) is 2.64. The summed E-state index contributed by atoms with van der Waals surface area (Å²) < 4.78 is 7.43. The van der Waals surface area contributed by atoms with Gasteiger partial charge in [0.1, 0.15) is 5.60 Å². The maximum Gasteiger partial charge on any atom is 0.407 e. The van der Waals surface area contributed by atoms with Crippen molar-refractivity contribution in [1.82, 2.24) is 10.6 Å². The van der Waals surface area contributed by atoms with Crippen LogP contribution < -0.4 is 10.6 Å². The number of nitrogens with one attached hydrogen (secondary N) is 2. The molecule has 1 aromatic rings. The van der Waals surface area contributed by atoms with Crippen LogP contribution in [0.5, 0.6) is 0 Å². The van der Waals surface area contributed by atoms with Crippen LogP contribution in [0.1, 0.15) is 52.1 Å². The summed E-state index contributed by atoms with van der Waals surface area (Å²) in [6.45, 7) is 7.77. The van der Waals surface area contributed by atoms with Crippen LogP contribution in [0.2, 0.25) is 0 Å². The maximum absolute atomic E-state index is 11.7. The first-order valence-corrected chi connectivity index (χ1v) is 9.43. The van der Waals surface area contributed by atoms with E-state index in [4.69, 9.17) is 4.74 Å². The number of ether oxygens (including phenoxy) is 1. The highest BCUT2D eigenvalue weighted by atomic mass is 79.9. The lowest BCUT2D eigenvalue weighted by atomic mass is 9.86. The summed E-state index contributed by atoms with van der Waals surface area (Å²) in [5, 5.41) is 6.53. The molecular formula is C17H24Br2N2O2. The Morgan fingerprint density at radius 1 is 1.26 bits per heavy atom. The second-order valence-electron chi connectivity index (χ2n) is 7.07. The number of halogens is 2. The number of alkyl carbamates (subject to hydrolysis) is 1. The molecule has 0 heterocycles. The third kappa shape index (κ3) is 5.76. The Bertz CT molecular complexity index is 566. The second-order valence-corrected chi connectivity index (χ2v) is 8.84. The lowest BCUT2D eigenvalue weighted by Crippen LogP contribution is -2.53. The van der Waals surface area contributed by atoms with Crippen LogP contribution in [-0.2, 0) is 4.74 Å². The summed E-state index contributed by atoms with van der Waals surface area (Å²) in [6, 6.07) is 7.09. The van der Waals surface area contributed by atoms with E-state index in [-0.39, 0.29) is 18.2 Å². The zero-order chi connectivity index (χ0) is 17.2. The predicted octanol–water partition coefficient (Wildman–Crippen LogP) is 4.92. The van der Waals surface area contributed by atoms with E-state index in [0.717, 1.165) is 21.8 Å². The van der Waals surface area contributed by atoms with Gasteiger partial charge in [0.2, 0.25) is 0 Å². The topological polar surface area (TPSA) is 50.4 Å². The first-order chi connectivity index (χ1) is 10.6. The Hall–Kier alpha value is -0.590. The Morgan fingerprint density at radius 3 is 2.48 bits per heavy atom. The lowest BCUT2D eigenvalue weighted by molar-refractivity contribution is 0.0463. The number of rotatable bonds is 4. The van der Waals surface area contributed by atoms with E-state index in [1.54, 1.807) is 0 Å². The number of hydrogen-bond donors (Lipinski definition) is 2. The third-order valence-electron chi connectivity index (χ3n) is 3.77. The predicted molar refractivity (Wildman–Crippen MR) is 99.6 cm³/mol. The molecule has 0 aromatic heterocycles. The zero-order valence-corrected chi connectivity index (χ0v) is 17.1. The van der Waals surface area contributed by atoms with Crippen molar-refractivity contribution in [3.8, 4) is 0 Å². The molecule has 0 aliphatic heterocycles. The summed E-state index contributed by atoms with van der Waals surface area (Å²) in [4.78, 5) is 11.7. The molecule has 0 radical (unpaired) electrons. The van der Waals surface area contributed by atoms with Gasteiger partial charge in [-0.2, -0.15) is 0 Å². The van der Waals surface area contributed by atoms with Gasteiger partial charge in [0.25, 0.3) is 0 Å². The van der Waals surface area contributed by atoms with Crippen molar-refractivity contribution in [3.63, 3.8) is 0 Å². The number of carbonyl (C=O) groups is 1. The van der Waals surface area contributed by atoms with Crippen molar-refractivity contribution in [2.75, 3.05) is 0 Å². The molecule has 23 heavy (non-hydrogen) atoms. The van der Waals surface area contributed by atoms with Gasteiger partial charge >= 0.3 is 6.09 Å². The van der Waals surface area contributed by atoms with Gasteiger partial charge < -0.3 is 15.4 Å². The molecule has 1 aliphatic carbocycles. The Balaban J connectivity index is 1.76. The average Bonchev–Trinajstić information content (AvgIpc) is 2.33. The highest BCUT2D eigenvalue weighted by Crippen LogP contribution is 2.29. The first kappa shape index (κ1) is 18.7. The van der Waals surface area contributed by atoms with Gasteiger partial charge in [-0.3, -0.25) is 0 Å². The molecule has 1 atom stereocenters. The summed E-state index contributed by atoms with van der Waals surface area (Å²) in [5.41, 5.74) is 0.783. The Labute approximate surface area is 155 Å². The summed E-state index contributed by atoms with van der Waals surface area (Å²) in [5.74, 6) is 0. The highest BCUT2D eigenvalue weighted by Gasteiger charge is 2.32. The van der Waals surface area contributed by atoms with Gasteiger partial charge in [-0.05, 0) is 58.2 Å². The number of benzene rings is 1. The van der Waals surface area contributed by atoms with Gasteiger partial charge in [0.15, 0.2) is 0 Å². The molecule has 1 aromatic carbocycles. The maximum atomic E-state index is 11.7. The molecule has 1 amide bonds. The van der Waals surface area contributed by atoms with Crippen molar-refractivity contribution in [1.29, 1.82) is 0 Å². The summed E-state index contributed by atoms with van der Waals surface area (Å²) in [6.07, 6.45) is 1.53. The highest BCUT2D eigenvalue weighted by molar-refractivity contribution is 9.11. The summed E-state index contributed by atoms with van der Waals surface area (Å²) in [7, 11) is 0. The van der Waals surface area contributed by atoms with Crippen LogP contribution in [0, 0.1) is 0 Å². The number of carbonyl (C=O) groups excluding carboxylic acids is 1. The Kier molecular flexibility index (Phi) is 6.14. The SMILES string of the molecule is CC(NC1CC(NC(=O)OC(C)(C)C)C1)c1ccc(Br)cc1Br. The molecular weight excluding hydrogens is 424 g/mol. The Morgan fingerprint density at radius 2 is 1.91 bits per heavy atom. The average molecular weight is 448 g/mol. The fraction of sp³-hybridized carbons (Fsp3) is 0.588. The van der Waals surface area contributed by atoms with Gasteiger partial charge in [0.05, 0.1) is 0 Å². The van der Waals surface area contributed by atoms with Crippen molar-refractivity contribution in [2.24, 2.45) is 0 Å². The number of hydrogen-bond acceptors (Lipinski definition) is 3. The van der Waals surface area contributed by atoms with E-state index in [1.165, 1.54) is 5.56 Å². The minimum Gasteiger partial charge on any atom is -0.444 e. The minimum atomic E-state index is -0.451. The molecule has 2 N–H and O–H groups in total. The van der Waals surface area contributed by atoms with Crippen LogP contribution in [0.15, 0.2) is 27.1 Å². The monoisotopic (exact) mass is 446 g/mol. The molecule has 0 spiro atoms. The van der Waals surface area contributed by atoms with E-state index < -0.39 is 5.60 Å². The zero-order valence-electron chi connectivity index (χ0n) is 14.0. The first-order valence-electron chi connectivity index (χ1n) is 7.84. The van der Waals surface area contributed by atoms with Gasteiger partial charge in [0, 0.05) is 27.1 Å². The molecule has 0 saturated heterocycles. The lowest BCUT2D eigenvalue weighted by Gasteiger charge is -2.38. The van der Waals surface area contributed by atoms with Gasteiger partial charge in [-0.25, -0.2) is 4.79 Å². The molecule has 4 nitrogen and oxygen atoms in total. The molecule has 128 valence electrons. The van der Waals surface area contributed by atoms with E-state index >= 15 is 0 Å². The fourth-order valence-corrected chi connectivity index (χ4v) is 4.03. The van der Waals surface area contributed by atoms with Crippen LogP contribution >= 0.6 is 31.9 Å². The van der Waals surface area contributed by atoms with Crippen LogP contribution in [-0.4, -0.2) is 23.8 Å². The van der Waals surface area contributed by atoms with E-state index in [1.807, 2.05) is 26.8 Å².